The molecular formula is C9H18ClNO. The van der Waals surface area contributed by atoms with E-state index < -0.39 is 0 Å². The van der Waals surface area contributed by atoms with Crippen molar-refractivity contribution < 1.29 is 4.79 Å². The molecule has 0 saturated carbocycles. The molecule has 0 saturated heterocycles. The predicted molar refractivity (Wildman–Crippen MR) is 52.4 cm³/mol. The molecule has 0 heterocycles. The van der Waals surface area contributed by atoms with E-state index in [0.717, 1.165) is 6.42 Å². The lowest BCUT2D eigenvalue weighted by Crippen LogP contribution is -2.46. The van der Waals surface area contributed by atoms with Crippen molar-refractivity contribution >= 4 is 17.5 Å². The topological polar surface area (TPSA) is 29.1 Å². The predicted octanol–water partition coefficient (Wildman–Crippen LogP) is 2.17. The summed E-state index contributed by atoms with van der Waals surface area (Å²) in [6.45, 7) is 7.75. The lowest BCUT2D eigenvalue weighted by atomic mass is 10.0. The van der Waals surface area contributed by atoms with E-state index in [4.69, 9.17) is 11.6 Å². The Hall–Kier alpha value is -0.240. The first-order valence-corrected chi connectivity index (χ1v) is 4.84. The van der Waals surface area contributed by atoms with Crippen LogP contribution >= 0.6 is 11.6 Å². The number of hydrogen-bond acceptors (Lipinski definition) is 1. The molecule has 0 aromatic heterocycles. The minimum Gasteiger partial charge on any atom is -0.350 e. The molecule has 0 aliphatic carbocycles. The van der Waals surface area contributed by atoms with Crippen LogP contribution in [0.5, 0.6) is 0 Å². The molecule has 0 aliphatic rings. The smallest absolute Gasteiger partial charge is 0.223 e. The Balaban J connectivity index is 4.00. The van der Waals surface area contributed by atoms with E-state index in [1.807, 2.05) is 27.7 Å². The molecule has 0 spiro atoms. The van der Waals surface area contributed by atoms with Gasteiger partial charge in [-0.05, 0) is 20.3 Å². The Morgan fingerprint density at radius 1 is 1.58 bits per heavy atom. The van der Waals surface area contributed by atoms with Crippen molar-refractivity contribution in [3.63, 3.8) is 0 Å². The van der Waals surface area contributed by atoms with Gasteiger partial charge < -0.3 is 5.32 Å². The Labute approximate surface area is 79.7 Å². The number of rotatable bonds is 4. The van der Waals surface area contributed by atoms with Crippen molar-refractivity contribution in [2.45, 2.75) is 39.7 Å². The fourth-order valence-electron chi connectivity index (χ4n) is 0.676. The summed E-state index contributed by atoms with van der Waals surface area (Å²) >= 11 is 5.67. The Morgan fingerprint density at radius 3 is 2.42 bits per heavy atom. The maximum Gasteiger partial charge on any atom is 0.223 e. The normalized spacial score (nSPS) is 14.1. The molecule has 0 rings (SSSR count). The minimum absolute atomic E-state index is 0.0764. The molecule has 1 unspecified atom stereocenters. The number of carbonyl (C=O) groups excluding carboxylic acids is 1. The highest BCUT2D eigenvalue weighted by atomic mass is 35.5. The lowest BCUT2D eigenvalue weighted by molar-refractivity contribution is -0.125. The monoisotopic (exact) mass is 191 g/mol. The van der Waals surface area contributed by atoms with Crippen LogP contribution in [-0.4, -0.2) is 17.3 Å². The Kier molecular flexibility index (Phi) is 4.61. The minimum atomic E-state index is -0.290. The van der Waals surface area contributed by atoms with E-state index in [9.17, 15) is 4.79 Å². The van der Waals surface area contributed by atoms with Crippen LogP contribution < -0.4 is 5.32 Å². The maximum absolute atomic E-state index is 11.4. The number of nitrogens with one attached hydrogen (secondary N) is 1. The van der Waals surface area contributed by atoms with Gasteiger partial charge in [0.25, 0.3) is 0 Å². The third kappa shape index (κ3) is 3.96. The second-order valence-electron chi connectivity index (χ2n) is 3.82. The van der Waals surface area contributed by atoms with Gasteiger partial charge in [0.1, 0.15) is 0 Å². The van der Waals surface area contributed by atoms with Crippen LogP contribution in [0.25, 0.3) is 0 Å². The number of carbonyl (C=O) groups is 1. The van der Waals surface area contributed by atoms with E-state index in [2.05, 4.69) is 5.32 Å². The zero-order chi connectivity index (χ0) is 9.78. The van der Waals surface area contributed by atoms with Crippen LogP contribution in [0.2, 0.25) is 0 Å². The fourth-order valence-corrected chi connectivity index (χ4v) is 0.742. The van der Waals surface area contributed by atoms with Crippen molar-refractivity contribution in [3.05, 3.63) is 0 Å². The number of amides is 1. The van der Waals surface area contributed by atoms with Gasteiger partial charge >= 0.3 is 0 Å². The molecule has 0 aromatic rings. The van der Waals surface area contributed by atoms with Crippen LogP contribution in [0.4, 0.5) is 0 Å². The molecule has 12 heavy (non-hydrogen) atoms. The summed E-state index contributed by atoms with van der Waals surface area (Å²) in [5.74, 6) is 0.602. The van der Waals surface area contributed by atoms with Crippen LogP contribution in [0.1, 0.15) is 34.1 Å². The summed E-state index contributed by atoms with van der Waals surface area (Å²) in [4.78, 5) is 11.4. The molecule has 0 aliphatic heterocycles. The zero-order valence-corrected chi connectivity index (χ0v) is 9.03. The second-order valence-corrected chi connectivity index (χ2v) is 4.08. The summed E-state index contributed by atoms with van der Waals surface area (Å²) in [6, 6.07) is 0. The molecule has 0 radical (unpaired) electrons. The van der Waals surface area contributed by atoms with Gasteiger partial charge in [-0.2, -0.15) is 0 Å². The van der Waals surface area contributed by atoms with Gasteiger partial charge in [0.2, 0.25) is 5.91 Å². The van der Waals surface area contributed by atoms with Crippen molar-refractivity contribution in [1.82, 2.24) is 5.32 Å². The van der Waals surface area contributed by atoms with Crippen LogP contribution in [0.15, 0.2) is 0 Å². The molecule has 0 bridgehead atoms. The van der Waals surface area contributed by atoms with E-state index in [0.29, 0.717) is 5.88 Å². The van der Waals surface area contributed by atoms with Gasteiger partial charge in [0, 0.05) is 17.3 Å². The van der Waals surface area contributed by atoms with Crippen molar-refractivity contribution in [1.29, 1.82) is 0 Å². The Bertz CT molecular complexity index is 157. The van der Waals surface area contributed by atoms with Crippen LogP contribution in [0.3, 0.4) is 0 Å². The average molecular weight is 192 g/mol. The maximum atomic E-state index is 11.4. The zero-order valence-electron chi connectivity index (χ0n) is 8.28. The van der Waals surface area contributed by atoms with E-state index in [-0.39, 0.29) is 17.4 Å². The summed E-state index contributed by atoms with van der Waals surface area (Å²) < 4.78 is 0. The molecule has 72 valence electrons. The first-order valence-electron chi connectivity index (χ1n) is 4.31. The van der Waals surface area contributed by atoms with Gasteiger partial charge in [-0.3, -0.25) is 4.79 Å². The molecular weight excluding hydrogens is 174 g/mol. The largest absolute Gasteiger partial charge is 0.350 e. The third-order valence-electron chi connectivity index (χ3n) is 1.86. The van der Waals surface area contributed by atoms with Crippen LogP contribution in [0, 0.1) is 5.92 Å². The molecule has 3 heteroatoms. The van der Waals surface area contributed by atoms with Crippen molar-refractivity contribution in [2.75, 3.05) is 5.88 Å². The molecule has 2 nitrogen and oxygen atoms in total. The summed E-state index contributed by atoms with van der Waals surface area (Å²) in [5, 5.41) is 2.89. The van der Waals surface area contributed by atoms with Crippen LogP contribution in [-0.2, 0) is 4.79 Å². The molecule has 1 amide bonds. The van der Waals surface area contributed by atoms with Gasteiger partial charge in [-0.25, -0.2) is 0 Å². The van der Waals surface area contributed by atoms with Crippen molar-refractivity contribution in [2.24, 2.45) is 5.92 Å². The van der Waals surface area contributed by atoms with Gasteiger partial charge in [-0.1, -0.05) is 13.8 Å². The number of hydrogen-bond donors (Lipinski definition) is 1. The van der Waals surface area contributed by atoms with Gasteiger partial charge in [0.05, 0.1) is 0 Å². The average Bonchev–Trinajstić information content (AvgIpc) is 2.02. The Morgan fingerprint density at radius 2 is 2.08 bits per heavy atom. The quantitative estimate of drug-likeness (QED) is 0.679. The SMILES string of the molecule is CCC(C)C(=O)NC(C)(C)CCl. The van der Waals surface area contributed by atoms with E-state index in [1.54, 1.807) is 0 Å². The van der Waals surface area contributed by atoms with Crippen molar-refractivity contribution in [3.8, 4) is 0 Å². The molecule has 0 aromatic carbocycles. The van der Waals surface area contributed by atoms with E-state index in [1.165, 1.54) is 0 Å². The highest BCUT2D eigenvalue weighted by Crippen LogP contribution is 2.08. The lowest BCUT2D eigenvalue weighted by Gasteiger charge is -2.25. The third-order valence-corrected chi connectivity index (χ3v) is 2.52. The van der Waals surface area contributed by atoms with Gasteiger partial charge in [0.15, 0.2) is 0 Å². The highest BCUT2D eigenvalue weighted by Gasteiger charge is 2.21. The summed E-state index contributed by atoms with van der Waals surface area (Å²) in [6.07, 6.45) is 0.865. The molecule has 1 atom stereocenters. The van der Waals surface area contributed by atoms with Gasteiger partial charge in [-0.15, -0.1) is 11.6 Å². The highest BCUT2D eigenvalue weighted by molar-refractivity contribution is 6.18. The standard InChI is InChI=1S/C9H18ClNO/c1-5-7(2)8(12)11-9(3,4)6-10/h7H,5-6H2,1-4H3,(H,11,12). The number of halogens is 1. The fraction of sp³-hybridized carbons (Fsp3) is 0.889. The molecule has 0 fully saturated rings. The first kappa shape index (κ1) is 11.8. The molecule has 1 N–H and O–H groups in total. The summed E-state index contributed by atoms with van der Waals surface area (Å²) in [7, 11) is 0. The summed E-state index contributed by atoms with van der Waals surface area (Å²) in [5.41, 5.74) is -0.290. The van der Waals surface area contributed by atoms with E-state index >= 15 is 0 Å². The number of alkyl halides is 1. The second kappa shape index (κ2) is 4.70. The first-order chi connectivity index (χ1) is 5.43.